The van der Waals surface area contributed by atoms with E-state index < -0.39 is 22.9 Å². The average Bonchev–Trinajstić information content (AvgIpc) is 2.66. The lowest BCUT2D eigenvalue weighted by Gasteiger charge is -2.15. The minimum Gasteiger partial charge on any atom is -0.449 e. The van der Waals surface area contributed by atoms with Gasteiger partial charge in [-0.2, -0.15) is 0 Å². The van der Waals surface area contributed by atoms with E-state index >= 15 is 0 Å². The van der Waals surface area contributed by atoms with Gasteiger partial charge in [0, 0.05) is 30.1 Å². The molecule has 9 heteroatoms. The SMILES string of the molecule is CC(OC(=O)c1cc([N+](=O)[O-])ccc1NCCO)C(=O)Nc1ccccc1. The molecule has 0 aromatic heterocycles. The molecule has 1 unspecified atom stereocenters. The molecule has 9 nitrogen and oxygen atoms in total. The van der Waals surface area contributed by atoms with Crippen LogP contribution < -0.4 is 10.6 Å². The first-order valence-corrected chi connectivity index (χ1v) is 8.12. The lowest BCUT2D eigenvalue weighted by Crippen LogP contribution is -2.30. The second-order valence-corrected chi connectivity index (χ2v) is 5.54. The van der Waals surface area contributed by atoms with Gasteiger partial charge < -0.3 is 20.5 Å². The lowest BCUT2D eigenvalue weighted by atomic mass is 10.1. The van der Waals surface area contributed by atoms with Crippen molar-refractivity contribution in [1.82, 2.24) is 0 Å². The highest BCUT2D eigenvalue weighted by Crippen LogP contribution is 2.23. The largest absolute Gasteiger partial charge is 0.449 e. The number of rotatable bonds is 8. The van der Waals surface area contributed by atoms with Gasteiger partial charge in [-0.25, -0.2) is 4.79 Å². The third kappa shape index (κ3) is 5.51. The standard InChI is InChI=1S/C18H19N3O6/c1-12(17(23)20-13-5-3-2-4-6-13)27-18(24)15-11-14(21(25)26)7-8-16(15)19-9-10-22/h2-8,11-12,19,22H,9-10H2,1H3,(H,20,23). The molecule has 0 fully saturated rings. The molecule has 0 aliphatic rings. The molecule has 2 aromatic carbocycles. The first kappa shape index (κ1) is 19.9. The molecule has 0 saturated carbocycles. The van der Waals surface area contributed by atoms with Crippen molar-refractivity contribution in [3.05, 3.63) is 64.2 Å². The molecule has 2 aromatic rings. The summed E-state index contributed by atoms with van der Waals surface area (Å²) in [7, 11) is 0. The summed E-state index contributed by atoms with van der Waals surface area (Å²) in [5, 5.41) is 25.3. The van der Waals surface area contributed by atoms with Crippen molar-refractivity contribution in [3.8, 4) is 0 Å². The van der Waals surface area contributed by atoms with Crippen LogP contribution in [0.1, 0.15) is 17.3 Å². The number of nitro groups is 1. The number of non-ortho nitro benzene ring substituents is 1. The van der Waals surface area contributed by atoms with E-state index in [1.807, 2.05) is 0 Å². The fourth-order valence-electron chi connectivity index (χ4n) is 2.20. The number of esters is 1. The van der Waals surface area contributed by atoms with Crippen molar-refractivity contribution in [2.75, 3.05) is 23.8 Å². The number of ether oxygens (including phenoxy) is 1. The average molecular weight is 373 g/mol. The molecule has 2 rings (SSSR count). The van der Waals surface area contributed by atoms with Crippen LogP contribution in [0.4, 0.5) is 17.1 Å². The molecule has 0 radical (unpaired) electrons. The van der Waals surface area contributed by atoms with E-state index in [9.17, 15) is 19.7 Å². The van der Waals surface area contributed by atoms with E-state index in [2.05, 4.69) is 10.6 Å². The Bertz CT molecular complexity index is 825. The third-order valence-corrected chi connectivity index (χ3v) is 3.56. The summed E-state index contributed by atoms with van der Waals surface area (Å²) in [5.74, 6) is -1.43. The fraction of sp³-hybridized carbons (Fsp3) is 0.222. The second-order valence-electron chi connectivity index (χ2n) is 5.54. The zero-order chi connectivity index (χ0) is 19.8. The molecular weight excluding hydrogens is 354 g/mol. The molecule has 1 atom stereocenters. The maximum absolute atomic E-state index is 12.4. The molecule has 0 bridgehead atoms. The van der Waals surface area contributed by atoms with Crippen molar-refractivity contribution in [3.63, 3.8) is 0 Å². The molecule has 0 spiro atoms. The zero-order valence-corrected chi connectivity index (χ0v) is 14.5. The van der Waals surface area contributed by atoms with Crippen molar-refractivity contribution in [1.29, 1.82) is 0 Å². The number of aliphatic hydroxyl groups is 1. The normalized spacial score (nSPS) is 11.3. The van der Waals surface area contributed by atoms with Crippen molar-refractivity contribution < 1.29 is 24.4 Å². The van der Waals surface area contributed by atoms with Crippen LogP contribution in [0, 0.1) is 10.1 Å². The van der Waals surface area contributed by atoms with Crippen LogP contribution in [-0.4, -0.2) is 41.2 Å². The van der Waals surface area contributed by atoms with Crippen LogP contribution in [0.2, 0.25) is 0 Å². The van der Waals surface area contributed by atoms with Gasteiger partial charge in [-0.15, -0.1) is 0 Å². The summed E-state index contributed by atoms with van der Waals surface area (Å²) < 4.78 is 5.15. The van der Waals surface area contributed by atoms with Crippen LogP contribution >= 0.6 is 0 Å². The highest BCUT2D eigenvalue weighted by atomic mass is 16.6. The van der Waals surface area contributed by atoms with Gasteiger partial charge in [-0.1, -0.05) is 18.2 Å². The molecular formula is C18H19N3O6. The van der Waals surface area contributed by atoms with Crippen molar-refractivity contribution >= 4 is 28.9 Å². The van der Waals surface area contributed by atoms with E-state index in [-0.39, 0.29) is 30.1 Å². The Hall–Kier alpha value is -3.46. The Kier molecular flexibility index (Phi) is 6.84. The van der Waals surface area contributed by atoms with E-state index in [1.54, 1.807) is 30.3 Å². The van der Waals surface area contributed by atoms with E-state index in [0.717, 1.165) is 6.07 Å². The van der Waals surface area contributed by atoms with Crippen molar-refractivity contribution in [2.24, 2.45) is 0 Å². The number of hydrogen-bond donors (Lipinski definition) is 3. The molecule has 0 saturated heterocycles. The Morgan fingerprint density at radius 3 is 2.56 bits per heavy atom. The van der Waals surface area contributed by atoms with E-state index in [0.29, 0.717) is 5.69 Å². The fourth-order valence-corrected chi connectivity index (χ4v) is 2.20. The summed E-state index contributed by atoms with van der Waals surface area (Å²) >= 11 is 0. The quantitative estimate of drug-likeness (QED) is 0.367. The number of nitrogens with one attached hydrogen (secondary N) is 2. The summed E-state index contributed by atoms with van der Waals surface area (Å²) in [4.78, 5) is 34.9. The van der Waals surface area contributed by atoms with Crippen molar-refractivity contribution in [2.45, 2.75) is 13.0 Å². The summed E-state index contributed by atoms with van der Waals surface area (Å²) in [6.07, 6.45) is -1.12. The monoisotopic (exact) mass is 373 g/mol. The highest BCUT2D eigenvalue weighted by molar-refractivity contribution is 6.00. The molecule has 0 aliphatic carbocycles. The Morgan fingerprint density at radius 1 is 1.22 bits per heavy atom. The minimum absolute atomic E-state index is 0.1000. The molecule has 3 N–H and O–H groups in total. The van der Waals surface area contributed by atoms with Gasteiger partial charge in [-0.3, -0.25) is 14.9 Å². The zero-order valence-electron chi connectivity index (χ0n) is 14.5. The number of hydrogen-bond acceptors (Lipinski definition) is 7. The van der Waals surface area contributed by atoms with Gasteiger partial charge in [0.1, 0.15) is 0 Å². The minimum atomic E-state index is -1.12. The van der Waals surface area contributed by atoms with Gasteiger partial charge in [0.05, 0.1) is 17.1 Å². The van der Waals surface area contributed by atoms with Crippen LogP contribution in [0.15, 0.2) is 48.5 Å². The molecule has 142 valence electrons. The Labute approximate surface area is 155 Å². The smallest absolute Gasteiger partial charge is 0.341 e. The van der Waals surface area contributed by atoms with Gasteiger partial charge in [0.25, 0.3) is 11.6 Å². The first-order valence-electron chi connectivity index (χ1n) is 8.12. The number of nitrogens with zero attached hydrogens (tertiary/aromatic N) is 1. The molecule has 1 amide bonds. The highest BCUT2D eigenvalue weighted by Gasteiger charge is 2.23. The number of nitro benzene ring substituents is 1. The second kappa shape index (κ2) is 9.30. The van der Waals surface area contributed by atoms with Crippen LogP contribution in [0.25, 0.3) is 0 Å². The number of benzene rings is 2. The van der Waals surface area contributed by atoms with Gasteiger partial charge in [0.15, 0.2) is 6.10 Å². The van der Waals surface area contributed by atoms with Crippen LogP contribution in [-0.2, 0) is 9.53 Å². The number of aliphatic hydroxyl groups excluding tert-OH is 1. The van der Waals surface area contributed by atoms with Crippen LogP contribution in [0.3, 0.4) is 0 Å². The Morgan fingerprint density at radius 2 is 1.93 bits per heavy atom. The van der Waals surface area contributed by atoms with Gasteiger partial charge in [-0.05, 0) is 25.1 Å². The number of para-hydroxylation sites is 1. The maximum atomic E-state index is 12.4. The number of carbonyl (C=O) groups is 2. The van der Waals surface area contributed by atoms with Crippen LogP contribution in [0.5, 0.6) is 0 Å². The predicted octanol–water partition coefficient (Wildman–Crippen LogP) is 2.18. The topological polar surface area (TPSA) is 131 Å². The third-order valence-electron chi connectivity index (χ3n) is 3.56. The summed E-state index contributed by atoms with van der Waals surface area (Å²) in [6, 6.07) is 12.3. The van der Waals surface area contributed by atoms with E-state index in [4.69, 9.17) is 9.84 Å². The number of carbonyl (C=O) groups excluding carboxylic acids is 2. The molecule has 27 heavy (non-hydrogen) atoms. The van der Waals surface area contributed by atoms with E-state index in [1.165, 1.54) is 19.1 Å². The first-order chi connectivity index (χ1) is 12.9. The summed E-state index contributed by atoms with van der Waals surface area (Å²) in [6.45, 7) is 1.35. The molecule has 0 heterocycles. The van der Waals surface area contributed by atoms with Gasteiger partial charge >= 0.3 is 5.97 Å². The van der Waals surface area contributed by atoms with Gasteiger partial charge in [0.2, 0.25) is 0 Å². The summed E-state index contributed by atoms with van der Waals surface area (Å²) in [5.41, 5.74) is 0.413. The maximum Gasteiger partial charge on any atom is 0.341 e. The lowest BCUT2D eigenvalue weighted by molar-refractivity contribution is -0.384. The number of anilines is 2. The number of amides is 1. The Balaban J connectivity index is 2.14. The predicted molar refractivity (Wildman–Crippen MR) is 98.6 cm³/mol. The molecule has 0 aliphatic heterocycles.